The van der Waals surface area contributed by atoms with E-state index in [2.05, 4.69) is 25.3 Å². The third-order valence-corrected chi connectivity index (χ3v) is 3.13. The van der Waals surface area contributed by atoms with E-state index in [1.54, 1.807) is 18.2 Å². The summed E-state index contributed by atoms with van der Waals surface area (Å²) in [6, 6.07) is 7.63. The average molecular weight is 313 g/mol. The zero-order chi connectivity index (χ0) is 16.2. The fourth-order valence-corrected chi connectivity index (χ4v) is 1.99. The van der Waals surface area contributed by atoms with Crippen LogP contribution in [0.15, 0.2) is 47.7 Å². The lowest BCUT2D eigenvalue weighted by Crippen LogP contribution is -2.24. The predicted molar refractivity (Wildman–Crippen MR) is 80.0 cm³/mol. The third-order valence-electron chi connectivity index (χ3n) is 3.13. The molecule has 0 bridgehead atoms. The van der Waals surface area contributed by atoms with E-state index < -0.39 is 11.6 Å². The first-order chi connectivity index (χ1) is 11.1. The summed E-state index contributed by atoms with van der Waals surface area (Å²) in [6.45, 7) is 0.169. The maximum Gasteiger partial charge on any atom is 0.323 e. The van der Waals surface area contributed by atoms with Gasteiger partial charge in [0.25, 0.3) is 5.91 Å². The van der Waals surface area contributed by atoms with Crippen LogP contribution in [-0.4, -0.2) is 25.8 Å². The second-order valence-corrected chi connectivity index (χ2v) is 4.74. The lowest BCUT2D eigenvalue weighted by molar-refractivity contribution is 0.0946. The van der Waals surface area contributed by atoms with Crippen molar-refractivity contribution in [2.75, 3.05) is 0 Å². The summed E-state index contributed by atoms with van der Waals surface area (Å²) >= 11 is 0. The van der Waals surface area contributed by atoms with E-state index in [9.17, 15) is 14.0 Å². The average Bonchev–Trinajstić information content (AvgIpc) is 3.00. The molecule has 7 nitrogen and oxygen atoms in total. The Morgan fingerprint density at radius 1 is 1.22 bits per heavy atom. The highest BCUT2D eigenvalue weighted by atomic mass is 19.1. The van der Waals surface area contributed by atoms with Crippen LogP contribution in [-0.2, 0) is 6.54 Å². The molecule has 3 aromatic rings. The predicted octanol–water partition coefficient (Wildman–Crippen LogP) is 1.23. The Morgan fingerprint density at radius 2 is 2.00 bits per heavy atom. The molecular weight excluding hydrogens is 301 g/mol. The highest BCUT2D eigenvalue weighted by Gasteiger charge is 2.08. The maximum absolute atomic E-state index is 12.9. The Balaban J connectivity index is 1.71. The number of rotatable bonds is 4. The number of carbonyl (C=O) groups is 1. The number of imidazole rings is 1. The first kappa shape index (κ1) is 14.6. The summed E-state index contributed by atoms with van der Waals surface area (Å²) < 4.78 is 12.9. The van der Waals surface area contributed by atoms with E-state index in [0.29, 0.717) is 11.4 Å². The van der Waals surface area contributed by atoms with Gasteiger partial charge >= 0.3 is 5.69 Å². The molecule has 0 aliphatic heterocycles. The summed E-state index contributed by atoms with van der Waals surface area (Å²) in [5, 5.41) is 2.64. The van der Waals surface area contributed by atoms with Crippen molar-refractivity contribution in [2.24, 2.45) is 0 Å². The number of aromatic amines is 2. The summed E-state index contributed by atoms with van der Waals surface area (Å²) in [5.41, 5.74) is 1.65. The zero-order valence-corrected chi connectivity index (χ0v) is 11.8. The van der Waals surface area contributed by atoms with Gasteiger partial charge in [0.05, 0.1) is 17.9 Å². The van der Waals surface area contributed by atoms with Gasteiger partial charge < -0.3 is 15.3 Å². The number of hydrogen-bond donors (Lipinski definition) is 3. The van der Waals surface area contributed by atoms with Crippen molar-refractivity contribution in [2.45, 2.75) is 6.54 Å². The molecule has 1 amide bonds. The van der Waals surface area contributed by atoms with Gasteiger partial charge in [-0.3, -0.25) is 4.79 Å². The SMILES string of the molecule is O=C(NCc1cc(-c2ccc(F)cc2)ncn1)c1c[nH]c(=O)[nH]1. The van der Waals surface area contributed by atoms with Crippen LogP contribution >= 0.6 is 0 Å². The molecule has 23 heavy (non-hydrogen) atoms. The molecule has 3 rings (SSSR count). The van der Waals surface area contributed by atoms with Crippen molar-refractivity contribution in [3.63, 3.8) is 0 Å². The van der Waals surface area contributed by atoms with E-state index in [1.165, 1.54) is 24.7 Å². The number of H-pyrrole nitrogens is 2. The minimum atomic E-state index is -0.448. The number of hydrogen-bond acceptors (Lipinski definition) is 4. The molecule has 0 aliphatic carbocycles. The third kappa shape index (κ3) is 3.49. The fraction of sp³-hybridized carbons (Fsp3) is 0.0667. The molecule has 116 valence electrons. The minimum Gasteiger partial charge on any atom is -0.345 e. The van der Waals surface area contributed by atoms with Crippen LogP contribution in [0.5, 0.6) is 0 Å². The molecule has 1 aromatic carbocycles. The van der Waals surface area contributed by atoms with E-state index in [4.69, 9.17) is 0 Å². The Morgan fingerprint density at radius 3 is 2.70 bits per heavy atom. The molecule has 8 heteroatoms. The number of carbonyl (C=O) groups excluding carboxylic acids is 1. The van der Waals surface area contributed by atoms with Gasteiger partial charge in [0, 0.05) is 11.8 Å². The van der Waals surface area contributed by atoms with Crippen molar-refractivity contribution in [3.05, 3.63) is 70.5 Å². The monoisotopic (exact) mass is 313 g/mol. The smallest absolute Gasteiger partial charge is 0.323 e. The van der Waals surface area contributed by atoms with Crippen molar-refractivity contribution in [1.82, 2.24) is 25.3 Å². The molecule has 2 aromatic heterocycles. The lowest BCUT2D eigenvalue weighted by Gasteiger charge is -2.05. The Labute approximate surface area is 129 Å². The highest BCUT2D eigenvalue weighted by Crippen LogP contribution is 2.17. The number of nitrogens with zero attached hydrogens (tertiary/aromatic N) is 2. The minimum absolute atomic E-state index is 0.141. The Hall–Kier alpha value is -3.29. The number of halogens is 1. The summed E-state index contributed by atoms with van der Waals surface area (Å²) in [7, 11) is 0. The molecular formula is C15H12FN5O2. The molecule has 2 heterocycles. The first-order valence-electron chi connectivity index (χ1n) is 6.74. The van der Waals surface area contributed by atoms with Crippen LogP contribution in [0.25, 0.3) is 11.3 Å². The van der Waals surface area contributed by atoms with Gasteiger partial charge in [-0.15, -0.1) is 0 Å². The van der Waals surface area contributed by atoms with Gasteiger partial charge in [-0.05, 0) is 30.3 Å². The molecule has 3 N–H and O–H groups in total. The van der Waals surface area contributed by atoms with E-state index in [-0.39, 0.29) is 18.1 Å². The largest absolute Gasteiger partial charge is 0.345 e. The standard InChI is InChI=1S/C15H12FN5O2/c16-10-3-1-9(2-4-10)12-5-11(19-8-20-12)6-17-14(22)13-7-18-15(23)21-13/h1-5,7-8H,6H2,(H,17,22)(H2,18,21,23). The van der Waals surface area contributed by atoms with Gasteiger partial charge in [0.15, 0.2) is 0 Å². The molecule has 0 radical (unpaired) electrons. The zero-order valence-electron chi connectivity index (χ0n) is 11.8. The van der Waals surface area contributed by atoms with E-state index in [0.717, 1.165) is 5.56 Å². The first-order valence-corrected chi connectivity index (χ1v) is 6.74. The van der Waals surface area contributed by atoms with Gasteiger partial charge in [-0.25, -0.2) is 19.2 Å². The molecule has 0 unspecified atom stereocenters. The second kappa shape index (κ2) is 6.22. The van der Waals surface area contributed by atoms with Crippen molar-refractivity contribution in [1.29, 1.82) is 0 Å². The van der Waals surface area contributed by atoms with Gasteiger partial charge in [-0.1, -0.05) is 0 Å². The molecule has 0 atom stereocenters. The van der Waals surface area contributed by atoms with Crippen molar-refractivity contribution in [3.8, 4) is 11.3 Å². The number of nitrogens with one attached hydrogen (secondary N) is 3. The number of amides is 1. The number of benzene rings is 1. The normalized spacial score (nSPS) is 10.5. The molecule has 0 spiro atoms. The Bertz CT molecular complexity index is 885. The number of aromatic nitrogens is 4. The van der Waals surface area contributed by atoms with Crippen molar-refractivity contribution >= 4 is 5.91 Å². The molecule has 0 saturated carbocycles. The summed E-state index contributed by atoms with van der Waals surface area (Å²) in [4.78, 5) is 35.7. The van der Waals surface area contributed by atoms with E-state index >= 15 is 0 Å². The van der Waals surface area contributed by atoms with Crippen molar-refractivity contribution < 1.29 is 9.18 Å². The lowest BCUT2D eigenvalue weighted by atomic mass is 10.1. The second-order valence-electron chi connectivity index (χ2n) is 4.74. The van der Waals surface area contributed by atoms with Crippen LogP contribution < -0.4 is 11.0 Å². The van der Waals surface area contributed by atoms with Gasteiger partial charge in [0.2, 0.25) is 0 Å². The van der Waals surface area contributed by atoms with Crippen LogP contribution in [0, 0.1) is 5.82 Å². The fourth-order valence-electron chi connectivity index (χ4n) is 1.99. The quantitative estimate of drug-likeness (QED) is 0.674. The van der Waals surface area contributed by atoms with Crippen LogP contribution in [0.4, 0.5) is 4.39 Å². The van der Waals surface area contributed by atoms with Gasteiger partial charge in [-0.2, -0.15) is 0 Å². The molecule has 0 aliphatic rings. The van der Waals surface area contributed by atoms with E-state index in [1.807, 2.05) is 0 Å². The summed E-state index contributed by atoms with van der Waals surface area (Å²) in [5.74, 6) is -0.749. The van der Waals surface area contributed by atoms with Gasteiger partial charge in [0.1, 0.15) is 17.8 Å². The molecule has 0 saturated heterocycles. The topological polar surface area (TPSA) is 104 Å². The molecule has 0 fully saturated rings. The summed E-state index contributed by atoms with van der Waals surface area (Å²) in [6.07, 6.45) is 2.67. The maximum atomic E-state index is 12.9. The van der Waals surface area contributed by atoms with Crippen LogP contribution in [0.1, 0.15) is 16.2 Å². The Kier molecular flexibility index (Phi) is 3.96. The van der Waals surface area contributed by atoms with Crippen LogP contribution in [0.3, 0.4) is 0 Å². The van der Waals surface area contributed by atoms with Crippen LogP contribution in [0.2, 0.25) is 0 Å². The highest BCUT2D eigenvalue weighted by molar-refractivity contribution is 5.91.